The van der Waals surface area contributed by atoms with Gasteiger partial charge < -0.3 is 15.2 Å². The average Bonchev–Trinajstić information content (AvgIpc) is 3.50. The van der Waals surface area contributed by atoms with Crippen molar-refractivity contribution >= 4 is 46.7 Å². The molecule has 0 aliphatic heterocycles. The van der Waals surface area contributed by atoms with Crippen molar-refractivity contribution in [2.45, 2.75) is 39.0 Å². The van der Waals surface area contributed by atoms with E-state index in [0.717, 1.165) is 33.8 Å². The summed E-state index contributed by atoms with van der Waals surface area (Å²) >= 11 is 5.17. The van der Waals surface area contributed by atoms with E-state index >= 15 is 0 Å². The number of amides is 1. The first-order chi connectivity index (χ1) is 20.4. The topological polar surface area (TPSA) is 75.6 Å². The summed E-state index contributed by atoms with van der Waals surface area (Å²) in [5.41, 5.74) is 5.34. The van der Waals surface area contributed by atoms with Crippen molar-refractivity contribution in [3.05, 3.63) is 106 Å². The van der Waals surface area contributed by atoms with Crippen LogP contribution in [0.25, 0.3) is 21.6 Å². The summed E-state index contributed by atoms with van der Waals surface area (Å²) in [5, 5.41) is 12.4. The highest BCUT2D eigenvalue weighted by Crippen LogP contribution is 2.35. The Morgan fingerprint density at radius 1 is 0.976 bits per heavy atom. The predicted octanol–water partition coefficient (Wildman–Crippen LogP) is 8.34. The lowest BCUT2D eigenvalue weighted by Gasteiger charge is -2.19. The van der Waals surface area contributed by atoms with E-state index in [0.29, 0.717) is 24.3 Å². The lowest BCUT2D eigenvalue weighted by molar-refractivity contribution is -0.139. The zero-order chi connectivity index (χ0) is 29.9. The second kappa shape index (κ2) is 16.0. The first-order valence-corrected chi connectivity index (χ1v) is 17.3. The standard InChI is InChI=1S/C34H37NO4S3/c1-4-41-22-30(32-17-16-31(42-32)25-11-6-5-7-12-25)39-21-24-14-15-27(28(20-24)26-13-9-8-10-23(26)2)33(36)35-29(34(37)38)18-19-40-3/h5-17,20,29-30H,4,18-19,21-22H2,1-3H3,(H,35,36)(H,37,38)/t29-,30+/m0/s1. The first-order valence-electron chi connectivity index (χ1n) is 14.0. The zero-order valence-electron chi connectivity index (χ0n) is 24.2. The maximum atomic E-state index is 13.4. The number of carbonyl (C=O) groups excluding carboxylic acids is 1. The molecule has 5 nitrogen and oxygen atoms in total. The van der Waals surface area contributed by atoms with Crippen LogP contribution in [-0.2, 0) is 16.1 Å². The highest BCUT2D eigenvalue weighted by molar-refractivity contribution is 7.99. The number of thiophene rings is 1. The van der Waals surface area contributed by atoms with E-state index in [-0.39, 0.29) is 6.10 Å². The molecule has 4 aromatic rings. The van der Waals surface area contributed by atoms with E-state index in [1.807, 2.05) is 67.4 Å². The quantitative estimate of drug-likeness (QED) is 0.139. The van der Waals surface area contributed by atoms with E-state index in [9.17, 15) is 14.7 Å². The van der Waals surface area contributed by atoms with Gasteiger partial charge in [-0.2, -0.15) is 23.5 Å². The third kappa shape index (κ3) is 8.51. The van der Waals surface area contributed by atoms with Crippen LogP contribution in [0.2, 0.25) is 0 Å². The van der Waals surface area contributed by atoms with Gasteiger partial charge >= 0.3 is 5.97 Å². The van der Waals surface area contributed by atoms with Gasteiger partial charge in [-0.05, 0) is 83.2 Å². The highest BCUT2D eigenvalue weighted by Gasteiger charge is 2.23. The molecule has 0 aliphatic rings. The highest BCUT2D eigenvalue weighted by atomic mass is 32.2. The third-order valence-electron chi connectivity index (χ3n) is 6.90. The first kappa shape index (κ1) is 31.9. The molecule has 0 radical (unpaired) electrons. The molecule has 220 valence electrons. The van der Waals surface area contributed by atoms with Gasteiger partial charge in [0.2, 0.25) is 0 Å². The van der Waals surface area contributed by atoms with E-state index in [1.165, 1.54) is 15.3 Å². The number of hydrogen-bond acceptors (Lipinski definition) is 6. The normalized spacial score (nSPS) is 12.5. The van der Waals surface area contributed by atoms with E-state index < -0.39 is 17.9 Å². The Labute approximate surface area is 261 Å². The van der Waals surface area contributed by atoms with Crippen LogP contribution in [-0.4, -0.2) is 46.5 Å². The minimum absolute atomic E-state index is 0.0601. The summed E-state index contributed by atoms with van der Waals surface area (Å²) in [4.78, 5) is 27.6. The second-order valence-corrected chi connectivity index (χ2v) is 13.3. The largest absolute Gasteiger partial charge is 0.480 e. The van der Waals surface area contributed by atoms with Crippen LogP contribution in [0, 0.1) is 6.92 Å². The van der Waals surface area contributed by atoms with Gasteiger partial charge in [0, 0.05) is 21.1 Å². The van der Waals surface area contributed by atoms with Crippen molar-refractivity contribution < 1.29 is 19.4 Å². The Morgan fingerprint density at radius 2 is 1.74 bits per heavy atom. The fourth-order valence-corrected chi connectivity index (χ4v) is 6.99. The van der Waals surface area contributed by atoms with Gasteiger partial charge in [-0.1, -0.05) is 67.6 Å². The van der Waals surface area contributed by atoms with E-state index in [2.05, 4.69) is 48.6 Å². The van der Waals surface area contributed by atoms with Crippen molar-refractivity contribution in [1.29, 1.82) is 0 Å². The van der Waals surface area contributed by atoms with Crippen molar-refractivity contribution in [2.24, 2.45) is 0 Å². The van der Waals surface area contributed by atoms with Gasteiger partial charge in [-0.3, -0.25) is 4.79 Å². The van der Waals surface area contributed by atoms with Crippen LogP contribution < -0.4 is 5.32 Å². The molecule has 0 saturated carbocycles. The Hall–Kier alpha value is -3.04. The Balaban J connectivity index is 1.59. The van der Waals surface area contributed by atoms with Crippen LogP contribution in [0.4, 0.5) is 0 Å². The lowest BCUT2D eigenvalue weighted by atomic mass is 9.93. The molecule has 2 atom stereocenters. The van der Waals surface area contributed by atoms with Crippen molar-refractivity contribution in [1.82, 2.24) is 5.32 Å². The molecule has 42 heavy (non-hydrogen) atoms. The molecule has 1 aromatic heterocycles. The fourth-order valence-electron chi connectivity index (χ4n) is 4.62. The van der Waals surface area contributed by atoms with Gasteiger partial charge in [0.05, 0.1) is 6.61 Å². The van der Waals surface area contributed by atoms with Crippen molar-refractivity contribution in [3.63, 3.8) is 0 Å². The summed E-state index contributed by atoms with van der Waals surface area (Å²) in [6, 6.07) is 27.4. The number of ether oxygens (including phenoxy) is 1. The van der Waals surface area contributed by atoms with Gasteiger partial charge in [0.15, 0.2) is 0 Å². The maximum absolute atomic E-state index is 13.4. The summed E-state index contributed by atoms with van der Waals surface area (Å²) in [6.07, 6.45) is 2.22. The molecule has 0 bridgehead atoms. The summed E-state index contributed by atoms with van der Waals surface area (Å²) in [5.74, 6) is 1.08. The molecule has 0 saturated heterocycles. The minimum Gasteiger partial charge on any atom is -0.480 e. The predicted molar refractivity (Wildman–Crippen MR) is 179 cm³/mol. The molecule has 1 amide bonds. The number of carboxylic acid groups (broad SMARTS) is 1. The van der Waals surface area contributed by atoms with E-state index in [1.54, 1.807) is 29.2 Å². The summed E-state index contributed by atoms with van der Waals surface area (Å²) in [6.45, 7) is 4.55. The number of aliphatic carboxylic acids is 1. The number of thioether (sulfide) groups is 2. The Kier molecular flexibility index (Phi) is 12.1. The maximum Gasteiger partial charge on any atom is 0.326 e. The van der Waals surface area contributed by atoms with Crippen molar-refractivity contribution in [3.8, 4) is 21.6 Å². The van der Waals surface area contributed by atoms with E-state index in [4.69, 9.17) is 4.74 Å². The van der Waals surface area contributed by atoms with Crippen LogP contribution in [0.15, 0.2) is 84.9 Å². The number of hydrogen-bond donors (Lipinski definition) is 2. The summed E-state index contributed by atoms with van der Waals surface area (Å²) in [7, 11) is 0. The number of nitrogens with one attached hydrogen (secondary N) is 1. The second-order valence-electron chi connectivity index (χ2n) is 9.87. The molecule has 1 heterocycles. The number of rotatable bonds is 15. The summed E-state index contributed by atoms with van der Waals surface area (Å²) < 4.78 is 6.54. The molecule has 0 fully saturated rings. The minimum atomic E-state index is -1.03. The number of benzene rings is 3. The van der Waals surface area contributed by atoms with Gasteiger partial charge in [-0.25, -0.2) is 4.79 Å². The fraction of sp³-hybridized carbons (Fsp3) is 0.294. The molecular weight excluding hydrogens is 583 g/mol. The van der Waals surface area contributed by atoms with Crippen LogP contribution in [0.5, 0.6) is 0 Å². The van der Waals surface area contributed by atoms with Crippen LogP contribution in [0.1, 0.15) is 45.8 Å². The van der Waals surface area contributed by atoms with Gasteiger partial charge in [0.25, 0.3) is 5.91 Å². The Bertz CT molecular complexity index is 1470. The van der Waals surface area contributed by atoms with Gasteiger partial charge in [-0.15, -0.1) is 11.3 Å². The molecular formula is C34H37NO4S3. The molecule has 0 unspecified atom stereocenters. The smallest absolute Gasteiger partial charge is 0.326 e. The molecule has 4 rings (SSSR count). The SMILES string of the molecule is CCSC[C@@H](OCc1ccc(C(=O)N[C@@H](CCSC)C(=O)O)c(-c2ccccc2C)c1)c1ccc(-c2ccccc2)s1. The van der Waals surface area contributed by atoms with Crippen LogP contribution in [0.3, 0.4) is 0 Å². The van der Waals surface area contributed by atoms with Crippen molar-refractivity contribution in [2.75, 3.05) is 23.5 Å². The molecule has 0 spiro atoms. The zero-order valence-corrected chi connectivity index (χ0v) is 26.6. The van der Waals surface area contributed by atoms with Crippen LogP contribution >= 0.6 is 34.9 Å². The monoisotopic (exact) mass is 619 g/mol. The molecule has 3 aromatic carbocycles. The number of carboxylic acids is 1. The third-order valence-corrected chi connectivity index (χ3v) is 9.72. The molecule has 0 aliphatic carbocycles. The lowest BCUT2D eigenvalue weighted by Crippen LogP contribution is -2.41. The van der Waals surface area contributed by atoms with Gasteiger partial charge in [0.1, 0.15) is 12.1 Å². The molecule has 2 N–H and O–H groups in total. The number of carbonyl (C=O) groups is 2. The Morgan fingerprint density at radius 3 is 2.45 bits per heavy atom. The average molecular weight is 620 g/mol. The number of aryl methyl sites for hydroxylation is 1. The molecule has 8 heteroatoms.